The highest BCUT2D eigenvalue weighted by Gasteiger charge is 2.30. The van der Waals surface area contributed by atoms with Crippen LogP contribution in [0, 0.1) is 5.41 Å². The van der Waals surface area contributed by atoms with Crippen molar-refractivity contribution in [2.45, 2.75) is 26.2 Å². The van der Waals surface area contributed by atoms with Crippen LogP contribution < -0.4 is 10.1 Å². The summed E-state index contributed by atoms with van der Waals surface area (Å²) in [6.07, 6.45) is 0.672. The van der Waals surface area contributed by atoms with Crippen LogP contribution in [-0.2, 0) is 4.79 Å². The van der Waals surface area contributed by atoms with E-state index in [0.717, 1.165) is 11.3 Å². The molecule has 0 radical (unpaired) electrons. The number of carbonyl (C=O) groups excluding carboxylic acids is 1. The molecule has 1 amide bonds. The number of hydrogen-bond donors (Lipinski definition) is 2. The van der Waals surface area contributed by atoms with E-state index in [4.69, 9.17) is 9.84 Å². The fourth-order valence-electron chi connectivity index (χ4n) is 2.22. The van der Waals surface area contributed by atoms with E-state index in [1.54, 1.807) is 0 Å². The summed E-state index contributed by atoms with van der Waals surface area (Å²) < 4.78 is 5.51. The Hall–Kier alpha value is -1.55. The average Bonchev–Trinajstić information content (AvgIpc) is 2.80. The van der Waals surface area contributed by atoms with Crippen LogP contribution in [0.3, 0.4) is 0 Å². The van der Waals surface area contributed by atoms with Crippen molar-refractivity contribution in [2.24, 2.45) is 5.41 Å². The lowest BCUT2D eigenvalue weighted by molar-refractivity contribution is -0.123. The van der Waals surface area contributed by atoms with Crippen molar-refractivity contribution < 1.29 is 14.6 Å². The highest BCUT2D eigenvalue weighted by Crippen LogP contribution is 2.33. The number of aliphatic hydroxyl groups is 1. The van der Waals surface area contributed by atoms with Gasteiger partial charge in [-0.25, -0.2) is 0 Å². The molecule has 104 valence electrons. The Morgan fingerprint density at radius 3 is 2.95 bits per heavy atom. The highest BCUT2D eigenvalue weighted by atomic mass is 16.5. The van der Waals surface area contributed by atoms with Crippen molar-refractivity contribution in [3.05, 3.63) is 29.8 Å². The van der Waals surface area contributed by atoms with E-state index < -0.39 is 0 Å². The van der Waals surface area contributed by atoms with E-state index in [-0.39, 0.29) is 23.8 Å². The zero-order valence-electron chi connectivity index (χ0n) is 11.5. The second kappa shape index (κ2) is 5.61. The molecular weight excluding hydrogens is 242 g/mol. The third kappa shape index (κ3) is 3.26. The highest BCUT2D eigenvalue weighted by molar-refractivity contribution is 5.85. The molecule has 1 aliphatic rings. The predicted octanol–water partition coefficient (Wildman–Crippen LogP) is 1.69. The van der Waals surface area contributed by atoms with Gasteiger partial charge in [-0.2, -0.15) is 0 Å². The molecule has 1 aromatic carbocycles. The fourth-order valence-corrected chi connectivity index (χ4v) is 2.22. The van der Waals surface area contributed by atoms with Gasteiger partial charge in [-0.3, -0.25) is 4.79 Å². The zero-order valence-corrected chi connectivity index (χ0v) is 11.5. The molecule has 2 rings (SSSR count). The molecule has 0 aliphatic carbocycles. The lowest BCUT2D eigenvalue weighted by atomic mass is 9.89. The van der Waals surface area contributed by atoms with Crippen molar-refractivity contribution in [1.29, 1.82) is 0 Å². The Morgan fingerprint density at radius 1 is 1.47 bits per heavy atom. The first-order valence-electron chi connectivity index (χ1n) is 6.64. The van der Waals surface area contributed by atoms with Gasteiger partial charge in [-0.05, 0) is 17.9 Å². The van der Waals surface area contributed by atoms with Gasteiger partial charge in [0, 0.05) is 18.7 Å². The van der Waals surface area contributed by atoms with E-state index in [1.807, 2.05) is 38.1 Å². The van der Waals surface area contributed by atoms with Gasteiger partial charge in [0.2, 0.25) is 5.91 Å². The van der Waals surface area contributed by atoms with Crippen molar-refractivity contribution >= 4 is 5.91 Å². The second-order valence-electron chi connectivity index (χ2n) is 5.76. The second-order valence-corrected chi connectivity index (χ2v) is 5.76. The first-order valence-corrected chi connectivity index (χ1v) is 6.64. The monoisotopic (exact) mass is 263 g/mol. The Morgan fingerprint density at radius 2 is 2.21 bits per heavy atom. The van der Waals surface area contributed by atoms with Gasteiger partial charge >= 0.3 is 0 Å². The molecule has 4 heteroatoms. The SMILES string of the molecule is CC(C)(CCO)CNC(=O)C1COc2ccccc21. The number of carbonyl (C=O) groups is 1. The summed E-state index contributed by atoms with van der Waals surface area (Å²) in [4.78, 5) is 12.2. The summed E-state index contributed by atoms with van der Waals surface area (Å²) >= 11 is 0. The molecule has 1 aromatic rings. The van der Waals surface area contributed by atoms with Crippen molar-refractivity contribution in [1.82, 2.24) is 5.32 Å². The number of para-hydroxylation sites is 1. The van der Waals surface area contributed by atoms with Crippen molar-refractivity contribution in [3.63, 3.8) is 0 Å². The van der Waals surface area contributed by atoms with E-state index in [2.05, 4.69) is 5.32 Å². The summed E-state index contributed by atoms with van der Waals surface area (Å²) in [5, 5.41) is 11.9. The Kier molecular flexibility index (Phi) is 4.10. The van der Waals surface area contributed by atoms with E-state index >= 15 is 0 Å². The largest absolute Gasteiger partial charge is 0.492 e. The van der Waals surface area contributed by atoms with Gasteiger partial charge in [0.1, 0.15) is 18.3 Å². The molecule has 0 spiro atoms. The van der Waals surface area contributed by atoms with Crippen LogP contribution in [0.15, 0.2) is 24.3 Å². The topological polar surface area (TPSA) is 58.6 Å². The molecule has 0 aromatic heterocycles. The molecule has 2 N–H and O–H groups in total. The third-order valence-electron chi connectivity index (χ3n) is 3.55. The molecule has 0 bridgehead atoms. The molecule has 0 saturated heterocycles. The molecule has 19 heavy (non-hydrogen) atoms. The van der Waals surface area contributed by atoms with Crippen LogP contribution in [0.5, 0.6) is 5.75 Å². The number of fused-ring (bicyclic) bond motifs is 1. The maximum absolute atomic E-state index is 12.2. The molecule has 1 unspecified atom stereocenters. The minimum absolute atomic E-state index is 0.00374. The summed E-state index contributed by atoms with van der Waals surface area (Å²) in [7, 11) is 0. The van der Waals surface area contributed by atoms with Gasteiger partial charge in [0.25, 0.3) is 0 Å². The molecule has 4 nitrogen and oxygen atoms in total. The third-order valence-corrected chi connectivity index (χ3v) is 3.55. The molecule has 1 heterocycles. The van der Waals surface area contributed by atoms with Crippen molar-refractivity contribution in [3.8, 4) is 5.75 Å². The van der Waals surface area contributed by atoms with E-state index in [9.17, 15) is 4.79 Å². The molecule has 1 aliphatic heterocycles. The standard InChI is InChI=1S/C15H21NO3/c1-15(2,7-8-17)10-16-14(18)12-9-19-13-6-4-3-5-11(12)13/h3-6,12,17H,7-10H2,1-2H3,(H,16,18). The average molecular weight is 263 g/mol. The van der Waals surface area contributed by atoms with Gasteiger partial charge < -0.3 is 15.2 Å². The number of amides is 1. The number of rotatable bonds is 5. The van der Waals surface area contributed by atoms with Crippen LogP contribution in [0.4, 0.5) is 0 Å². The Balaban J connectivity index is 1.95. The first-order chi connectivity index (χ1) is 9.03. The van der Waals surface area contributed by atoms with Crippen LogP contribution in [0.25, 0.3) is 0 Å². The number of aliphatic hydroxyl groups excluding tert-OH is 1. The summed E-state index contributed by atoms with van der Waals surface area (Å²) in [6.45, 7) is 5.17. The first kappa shape index (κ1) is 13.9. The Labute approximate surface area is 113 Å². The number of benzene rings is 1. The lowest BCUT2D eigenvalue weighted by Gasteiger charge is -2.24. The fraction of sp³-hybridized carbons (Fsp3) is 0.533. The van der Waals surface area contributed by atoms with Crippen LogP contribution in [-0.4, -0.2) is 30.8 Å². The van der Waals surface area contributed by atoms with Gasteiger partial charge in [0.05, 0.1) is 0 Å². The van der Waals surface area contributed by atoms with Crippen LogP contribution in [0.2, 0.25) is 0 Å². The molecular formula is C15H21NO3. The maximum Gasteiger partial charge on any atom is 0.231 e. The van der Waals surface area contributed by atoms with Crippen LogP contribution >= 0.6 is 0 Å². The van der Waals surface area contributed by atoms with Gasteiger partial charge in [0.15, 0.2) is 0 Å². The number of ether oxygens (including phenoxy) is 1. The summed E-state index contributed by atoms with van der Waals surface area (Å²) in [5.74, 6) is 0.578. The molecule has 0 saturated carbocycles. The van der Waals surface area contributed by atoms with Gasteiger partial charge in [-0.15, -0.1) is 0 Å². The molecule has 1 atom stereocenters. The predicted molar refractivity (Wildman–Crippen MR) is 73.2 cm³/mol. The van der Waals surface area contributed by atoms with Crippen molar-refractivity contribution in [2.75, 3.05) is 19.8 Å². The Bertz CT molecular complexity index is 456. The quantitative estimate of drug-likeness (QED) is 0.850. The summed E-state index contributed by atoms with van der Waals surface area (Å²) in [6, 6.07) is 7.65. The van der Waals surface area contributed by atoms with Gasteiger partial charge in [-0.1, -0.05) is 32.0 Å². The smallest absolute Gasteiger partial charge is 0.231 e. The minimum atomic E-state index is -0.221. The lowest BCUT2D eigenvalue weighted by Crippen LogP contribution is -2.37. The zero-order chi connectivity index (χ0) is 13.9. The van der Waals surface area contributed by atoms with Crippen LogP contribution in [0.1, 0.15) is 31.7 Å². The summed E-state index contributed by atoms with van der Waals surface area (Å²) in [5.41, 5.74) is 0.864. The number of nitrogens with one attached hydrogen (secondary N) is 1. The number of hydrogen-bond acceptors (Lipinski definition) is 3. The van der Waals surface area contributed by atoms with E-state index in [0.29, 0.717) is 19.6 Å². The maximum atomic E-state index is 12.2. The molecule has 0 fully saturated rings. The van der Waals surface area contributed by atoms with E-state index in [1.165, 1.54) is 0 Å². The minimum Gasteiger partial charge on any atom is -0.492 e. The normalized spacial score (nSPS) is 17.7.